The Morgan fingerprint density at radius 3 is 2.54 bits per heavy atom. The first-order valence-corrected chi connectivity index (χ1v) is 4.19. The van der Waals surface area contributed by atoms with Gasteiger partial charge in [-0.1, -0.05) is 6.92 Å². The molecule has 0 aromatic heterocycles. The van der Waals surface area contributed by atoms with Crippen LogP contribution in [-0.4, -0.2) is 22.2 Å². The molecule has 72 valence electrons. The summed E-state index contributed by atoms with van der Waals surface area (Å²) in [7, 11) is 0. The third-order valence-electron chi connectivity index (χ3n) is 2.35. The molecule has 1 atom stereocenters. The number of aliphatic carboxylic acids is 2. The molecule has 0 heterocycles. The average molecular weight is 184 g/mol. The van der Waals surface area contributed by atoms with Crippen LogP contribution in [0.2, 0.25) is 0 Å². The maximum atomic E-state index is 10.8. The molecule has 1 rings (SSSR count). The summed E-state index contributed by atoms with van der Waals surface area (Å²) in [5, 5.41) is 17.3. The molecule has 1 unspecified atom stereocenters. The molecule has 0 saturated carbocycles. The fraction of sp³-hybridized carbons (Fsp3) is 0.556. The fourth-order valence-corrected chi connectivity index (χ4v) is 1.75. The van der Waals surface area contributed by atoms with Gasteiger partial charge in [-0.25, -0.2) is 4.79 Å². The molecule has 0 spiro atoms. The van der Waals surface area contributed by atoms with Gasteiger partial charge in [0.2, 0.25) is 0 Å². The lowest BCUT2D eigenvalue weighted by Gasteiger charge is -2.03. The first kappa shape index (κ1) is 9.77. The fourth-order valence-electron chi connectivity index (χ4n) is 1.75. The van der Waals surface area contributed by atoms with Gasteiger partial charge in [0, 0.05) is 5.57 Å². The van der Waals surface area contributed by atoms with Crippen molar-refractivity contribution in [2.24, 2.45) is 5.92 Å². The van der Waals surface area contributed by atoms with Gasteiger partial charge in [0.25, 0.3) is 0 Å². The Bertz CT molecular complexity index is 277. The van der Waals surface area contributed by atoms with Crippen LogP contribution in [0.25, 0.3) is 0 Å². The third kappa shape index (κ3) is 2.08. The molecule has 0 aromatic carbocycles. The molecule has 1 aliphatic rings. The summed E-state index contributed by atoms with van der Waals surface area (Å²) in [5.74, 6) is -1.93. The van der Waals surface area contributed by atoms with Gasteiger partial charge in [-0.3, -0.25) is 4.79 Å². The van der Waals surface area contributed by atoms with E-state index in [1.165, 1.54) is 0 Å². The van der Waals surface area contributed by atoms with Gasteiger partial charge >= 0.3 is 11.9 Å². The highest BCUT2D eigenvalue weighted by molar-refractivity contribution is 5.90. The van der Waals surface area contributed by atoms with Crippen molar-refractivity contribution in [1.29, 1.82) is 0 Å². The Morgan fingerprint density at radius 2 is 2.08 bits per heavy atom. The summed E-state index contributed by atoms with van der Waals surface area (Å²) in [6, 6.07) is 0. The topological polar surface area (TPSA) is 74.6 Å². The van der Waals surface area contributed by atoms with E-state index in [1.807, 2.05) is 6.92 Å². The zero-order valence-corrected chi connectivity index (χ0v) is 7.41. The van der Waals surface area contributed by atoms with Crippen molar-refractivity contribution in [3.05, 3.63) is 11.1 Å². The second kappa shape index (κ2) is 3.60. The number of hydrogen-bond donors (Lipinski definition) is 2. The highest BCUT2D eigenvalue weighted by Crippen LogP contribution is 2.33. The quantitative estimate of drug-likeness (QED) is 0.692. The maximum absolute atomic E-state index is 10.8. The monoisotopic (exact) mass is 184 g/mol. The molecule has 1 aliphatic carbocycles. The molecular formula is C9H12O4. The van der Waals surface area contributed by atoms with Gasteiger partial charge in [0.15, 0.2) is 0 Å². The lowest BCUT2D eigenvalue weighted by Crippen LogP contribution is -2.08. The molecule has 0 saturated heterocycles. The van der Waals surface area contributed by atoms with E-state index in [4.69, 9.17) is 10.2 Å². The smallest absolute Gasteiger partial charge is 0.331 e. The minimum absolute atomic E-state index is 0.00755. The van der Waals surface area contributed by atoms with Crippen LogP contribution in [0.3, 0.4) is 0 Å². The lowest BCUT2D eigenvalue weighted by molar-refractivity contribution is -0.136. The van der Waals surface area contributed by atoms with E-state index in [2.05, 4.69) is 0 Å². The van der Waals surface area contributed by atoms with Crippen LogP contribution in [0.15, 0.2) is 11.1 Å². The number of rotatable bonds is 3. The molecule has 0 aromatic rings. The van der Waals surface area contributed by atoms with Gasteiger partial charge in [-0.05, 0) is 24.3 Å². The van der Waals surface area contributed by atoms with E-state index in [0.29, 0.717) is 17.6 Å². The van der Waals surface area contributed by atoms with Crippen LogP contribution < -0.4 is 0 Å². The Morgan fingerprint density at radius 1 is 1.46 bits per heavy atom. The predicted molar refractivity (Wildman–Crippen MR) is 45.3 cm³/mol. The normalized spacial score (nSPS) is 22.1. The second-order valence-electron chi connectivity index (χ2n) is 3.33. The van der Waals surface area contributed by atoms with Crippen LogP contribution in [-0.2, 0) is 9.59 Å². The van der Waals surface area contributed by atoms with Crippen LogP contribution in [0.1, 0.15) is 26.2 Å². The van der Waals surface area contributed by atoms with E-state index in [1.54, 1.807) is 0 Å². The summed E-state index contributed by atoms with van der Waals surface area (Å²) < 4.78 is 0. The number of carboxylic acids is 2. The molecule has 0 aliphatic heterocycles. The van der Waals surface area contributed by atoms with E-state index >= 15 is 0 Å². The van der Waals surface area contributed by atoms with Crippen molar-refractivity contribution < 1.29 is 19.8 Å². The molecule has 4 heteroatoms. The largest absolute Gasteiger partial charge is 0.481 e. The van der Waals surface area contributed by atoms with E-state index in [9.17, 15) is 9.59 Å². The Labute approximate surface area is 75.9 Å². The summed E-state index contributed by atoms with van der Waals surface area (Å²) in [4.78, 5) is 21.2. The summed E-state index contributed by atoms with van der Waals surface area (Å²) in [6.45, 7) is 1.82. The highest BCUT2D eigenvalue weighted by atomic mass is 16.4. The predicted octanol–water partition coefficient (Wildman–Crippen LogP) is 1.27. The second-order valence-corrected chi connectivity index (χ2v) is 3.33. The van der Waals surface area contributed by atoms with E-state index in [0.717, 1.165) is 6.42 Å². The van der Waals surface area contributed by atoms with Crippen molar-refractivity contribution in [3.63, 3.8) is 0 Å². The van der Waals surface area contributed by atoms with Crippen molar-refractivity contribution >= 4 is 11.9 Å². The summed E-state index contributed by atoms with van der Waals surface area (Å²) in [5.41, 5.74) is 0.884. The number of hydrogen-bond acceptors (Lipinski definition) is 2. The summed E-state index contributed by atoms with van der Waals surface area (Å²) in [6.07, 6.45) is 1.23. The van der Waals surface area contributed by atoms with Gasteiger partial charge in [-0.15, -0.1) is 0 Å². The maximum Gasteiger partial charge on any atom is 0.331 e. The van der Waals surface area contributed by atoms with Gasteiger partial charge in [0.1, 0.15) is 0 Å². The Kier molecular flexibility index (Phi) is 2.70. The van der Waals surface area contributed by atoms with Crippen molar-refractivity contribution in [2.45, 2.75) is 26.2 Å². The van der Waals surface area contributed by atoms with Crippen molar-refractivity contribution in [3.8, 4) is 0 Å². The molecule has 4 nitrogen and oxygen atoms in total. The number of carboxylic acid groups (broad SMARTS) is 2. The molecular weight excluding hydrogens is 172 g/mol. The van der Waals surface area contributed by atoms with E-state index in [-0.39, 0.29) is 12.3 Å². The Hall–Kier alpha value is -1.32. The van der Waals surface area contributed by atoms with Crippen LogP contribution >= 0.6 is 0 Å². The molecule has 0 fully saturated rings. The van der Waals surface area contributed by atoms with Crippen molar-refractivity contribution in [1.82, 2.24) is 0 Å². The minimum atomic E-state index is -0.971. The van der Waals surface area contributed by atoms with Crippen molar-refractivity contribution in [2.75, 3.05) is 0 Å². The Balaban J connectivity index is 2.89. The van der Waals surface area contributed by atoms with E-state index < -0.39 is 11.9 Å². The number of carbonyl (C=O) groups is 2. The average Bonchev–Trinajstić information content (AvgIpc) is 2.30. The molecule has 13 heavy (non-hydrogen) atoms. The first-order chi connectivity index (χ1) is 6.02. The van der Waals surface area contributed by atoms with Crippen LogP contribution in [0.5, 0.6) is 0 Å². The molecule has 2 N–H and O–H groups in total. The molecule has 0 radical (unpaired) electrons. The molecule has 0 amide bonds. The standard InChI is InChI=1S/C9H12O4/c1-5-2-3-6(4-7(10)11)8(5)9(12)13/h5H,2-4H2,1H3,(H,10,11)(H,12,13). The zero-order chi connectivity index (χ0) is 10.0. The van der Waals surface area contributed by atoms with Gasteiger partial charge in [-0.2, -0.15) is 0 Å². The minimum Gasteiger partial charge on any atom is -0.481 e. The first-order valence-electron chi connectivity index (χ1n) is 4.19. The van der Waals surface area contributed by atoms with Crippen LogP contribution in [0.4, 0.5) is 0 Å². The van der Waals surface area contributed by atoms with Crippen LogP contribution in [0, 0.1) is 5.92 Å². The SMILES string of the molecule is CC1CCC(CC(=O)O)=C1C(=O)O. The lowest BCUT2D eigenvalue weighted by atomic mass is 10.0. The zero-order valence-electron chi connectivity index (χ0n) is 7.41. The molecule has 0 bridgehead atoms. The van der Waals surface area contributed by atoms with Gasteiger partial charge < -0.3 is 10.2 Å². The summed E-state index contributed by atoms with van der Waals surface area (Å²) >= 11 is 0. The third-order valence-corrected chi connectivity index (χ3v) is 2.35. The van der Waals surface area contributed by atoms with Gasteiger partial charge in [0.05, 0.1) is 6.42 Å². The highest BCUT2D eigenvalue weighted by Gasteiger charge is 2.27.